The molecule has 0 saturated carbocycles. The second-order valence-corrected chi connectivity index (χ2v) is 11.9. The Labute approximate surface area is 245 Å². The number of anilines is 1. The van der Waals surface area contributed by atoms with Crippen LogP contribution in [-0.4, -0.2) is 84.6 Å². The first-order valence-electron chi connectivity index (χ1n) is 12.9. The summed E-state index contributed by atoms with van der Waals surface area (Å²) < 4.78 is 58.7. The van der Waals surface area contributed by atoms with Gasteiger partial charge in [0.2, 0.25) is 10.0 Å². The Kier molecular flexibility index (Phi) is 9.62. The van der Waals surface area contributed by atoms with Crippen LogP contribution < -0.4 is 19.1 Å². The van der Waals surface area contributed by atoms with Gasteiger partial charge >= 0.3 is 0 Å². The number of carbonyl (C=O) groups is 1. The Balaban J connectivity index is 1.47. The van der Waals surface area contributed by atoms with Crippen molar-refractivity contribution in [3.8, 4) is 17.2 Å². The molecular formula is C29H33ClFN3O6S. The van der Waals surface area contributed by atoms with Crippen molar-refractivity contribution in [2.75, 3.05) is 66.0 Å². The van der Waals surface area contributed by atoms with Gasteiger partial charge in [-0.3, -0.25) is 4.79 Å². The molecule has 0 atom stereocenters. The summed E-state index contributed by atoms with van der Waals surface area (Å²) in [6.07, 6.45) is 0.473. The lowest BCUT2D eigenvalue weighted by Crippen LogP contribution is -2.49. The number of carbonyl (C=O) groups excluding carboxylic acids is 1. The van der Waals surface area contributed by atoms with Crippen molar-refractivity contribution in [3.05, 3.63) is 76.6 Å². The number of rotatable bonds is 10. The third kappa shape index (κ3) is 6.52. The number of likely N-dealkylation sites (N-methyl/N-ethyl adjacent to an activating group) is 1. The normalized spacial score (nSPS) is 13.8. The number of benzene rings is 3. The lowest BCUT2D eigenvalue weighted by atomic mass is 10.1. The van der Waals surface area contributed by atoms with Gasteiger partial charge in [-0.1, -0.05) is 23.7 Å². The van der Waals surface area contributed by atoms with Crippen LogP contribution in [0.1, 0.15) is 15.9 Å². The van der Waals surface area contributed by atoms with Crippen LogP contribution in [-0.2, 0) is 16.4 Å². The van der Waals surface area contributed by atoms with Crippen molar-refractivity contribution in [3.63, 3.8) is 0 Å². The molecule has 3 aromatic rings. The van der Waals surface area contributed by atoms with Crippen LogP contribution in [0.2, 0.25) is 5.02 Å². The lowest BCUT2D eigenvalue weighted by Gasteiger charge is -2.37. The Morgan fingerprint density at radius 3 is 2.22 bits per heavy atom. The number of sulfonamides is 1. The third-order valence-corrected chi connectivity index (χ3v) is 9.27. The van der Waals surface area contributed by atoms with E-state index in [0.29, 0.717) is 55.5 Å². The second-order valence-electron chi connectivity index (χ2n) is 9.48. The van der Waals surface area contributed by atoms with Crippen LogP contribution in [0.5, 0.6) is 17.2 Å². The fourth-order valence-corrected chi connectivity index (χ4v) is 6.15. The monoisotopic (exact) mass is 605 g/mol. The molecule has 3 aromatic carbocycles. The molecule has 0 unspecified atom stereocenters. The molecule has 4 rings (SSSR count). The minimum Gasteiger partial charge on any atom is -0.495 e. The first-order chi connectivity index (χ1) is 19.6. The van der Waals surface area contributed by atoms with Gasteiger partial charge in [0.1, 0.15) is 11.6 Å². The highest BCUT2D eigenvalue weighted by Gasteiger charge is 2.29. The van der Waals surface area contributed by atoms with Gasteiger partial charge in [0.25, 0.3) is 5.91 Å². The van der Waals surface area contributed by atoms with Gasteiger partial charge < -0.3 is 24.0 Å². The maximum atomic E-state index is 14.3. The van der Waals surface area contributed by atoms with Crippen LogP contribution in [0.15, 0.2) is 59.5 Å². The highest BCUT2D eigenvalue weighted by atomic mass is 35.5. The van der Waals surface area contributed by atoms with Gasteiger partial charge in [-0.05, 0) is 54.4 Å². The molecule has 0 aromatic heterocycles. The smallest absolute Gasteiger partial charge is 0.258 e. The van der Waals surface area contributed by atoms with E-state index in [0.717, 1.165) is 5.56 Å². The summed E-state index contributed by atoms with van der Waals surface area (Å²) in [7, 11) is 2.35. The van der Waals surface area contributed by atoms with Crippen molar-refractivity contribution in [1.82, 2.24) is 9.21 Å². The zero-order valence-corrected chi connectivity index (χ0v) is 25.0. The average molecular weight is 606 g/mol. The van der Waals surface area contributed by atoms with E-state index in [1.54, 1.807) is 32.4 Å². The standard InChI is InChI=1S/C29H33ClFN3O6S/c1-32(13-12-20-8-10-26(39-3)27(18-20)40-4)41(36,37)21-9-11-25(38-2)24(19-21)33-14-16-34(17-15-33)29(35)28-22(30)6-5-7-23(28)31/h5-11,18-19H,12-17H2,1-4H3. The van der Waals surface area contributed by atoms with Crippen LogP contribution in [0, 0.1) is 5.82 Å². The Bertz CT molecular complexity index is 1490. The predicted octanol–water partition coefficient (Wildman–Crippen LogP) is 4.33. The van der Waals surface area contributed by atoms with Gasteiger partial charge in [-0.15, -0.1) is 0 Å². The summed E-state index contributed by atoms with van der Waals surface area (Å²) in [6, 6.07) is 14.4. The van der Waals surface area contributed by atoms with E-state index in [9.17, 15) is 17.6 Å². The second kappa shape index (κ2) is 13.0. The highest BCUT2D eigenvalue weighted by Crippen LogP contribution is 2.33. The lowest BCUT2D eigenvalue weighted by molar-refractivity contribution is 0.0742. The van der Waals surface area contributed by atoms with Crippen molar-refractivity contribution >= 4 is 33.2 Å². The van der Waals surface area contributed by atoms with E-state index < -0.39 is 21.7 Å². The number of nitrogens with zero attached hydrogens (tertiary/aromatic N) is 3. The van der Waals surface area contributed by atoms with Gasteiger partial charge in [0.15, 0.2) is 11.5 Å². The number of ether oxygens (including phenoxy) is 3. The van der Waals surface area contributed by atoms with E-state index >= 15 is 0 Å². The quantitative estimate of drug-likeness (QED) is 0.340. The SMILES string of the molecule is COc1ccc(CCN(C)S(=O)(=O)c2ccc(OC)c(N3CCN(C(=O)c4c(F)cccc4Cl)CC3)c2)cc1OC. The van der Waals surface area contributed by atoms with Crippen molar-refractivity contribution in [2.24, 2.45) is 0 Å². The molecule has 1 saturated heterocycles. The molecular weight excluding hydrogens is 573 g/mol. The zero-order chi connectivity index (χ0) is 29.7. The Morgan fingerprint density at radius 2 is 1.59 bits per heavy atom. The number of halogens is 2. The highest BCUT2D eigenvalue weighted by molar-refractivity contribution is 7.89. The van der Waals surface area contributed by atoms with E-state index in [2.05, 4.69) is 0 Å². The first kappa shape index (κ1) is 30.4. The van der Waals surface area contributed by atoms with Crippen LogP contribution in [0.25, 0.3) is 0 Å². The molecule has 9 nitrogen and oxygen atoms in total. The molecule has 1 heterocycles. The number of hydrogen-bond donors (Lipinski definition) is 0. The van der Waals surface area contributed by atoms with Gasteiger partial charge in [-0.2, -0.15) is 0 Å². The topological polar surface area (TPSA) is 88.6 Å². The molecule has 0 aliphatic carbocycles. The molecule has 0 bridgehead atoms. The number of hydrogen-bond acceptors (Lipinski definition) is 7. The van der Waals surface area contributed by atoms with Gasteiger partial charge in [0.05, 0.1) is 42.5 Å². The summed E-state index contributed by atoms with van der Waals surface area (Å²) in [4.78, 5) is 16.6. The molecule has 1 fully saturated rings. The minimum atomic E-state index is -3.82. The summed E-state index contributed by atoms with van der Waals surface area (Å²) in [5.41, 5.74) is 1.35. The van der Waals surface area contributed by atoms with Crippen LogP contribution in [0.3, 0.4) is 0 Å². The Hall–Kier alpha value is -3.54. The van der Waals surface area contributed by atoms with Gasteiger partial charge in [0, 0.05) is 39.8 Å². The number of methoxy groups -OCH3 is 3. The largest absolute Gasteiger partial charge is 0.495 e. The van der Waals surface area contributed by atoms with Crippen molar-refractivity contribution in [1.29, 1.82) is 0 Å². The van der Waals surface area contributed by atoms with Crippen molar-refractivity contribution in [2.45, 2.75) is 11.3 Å². The molecule has 1 aliphatic heterocycles. The van der Waals surface area contributed by atoms with E-state index in [1.807, 2.05) is 17.0 Å². The average Bonchev–Trinajstić information content (AvgIpc) is 2.99. The fourth-order valence-electron chi connectivity index (χ4n) is 4.71. The molecule has 0 radical (unpaired) electrons. The fraction of sp³-hybridized carbons (Fsp3) is 0.345. The maximum Gasteiger partial charge on any atom is 0.258 e. The minimum absolute atomic E-state index is 0.0623. The predicted molar refractivity (Wildman–Crippen MR) is 156 cm³/mol. The molecule has 1 aliphatic rings. The van der Waals surface area contributed by atoms with Crippen LogP contribution >= 0.6 is 11.6 Å². The maximum absolute atomic E-state index is 14.3. The van der Waals surface area contributed by atoms with E-state index in [4.69, 9.17) is 25.8 Å². The van der Waals surface area contributed by atoms with E-state index in [1.165, 1.54) is 47.6 Å². The Morgan fingerprint density at radius 1 is 0.927 bits per heavy atom. The zero-order valence-electron chi connectivity index (χ0n) is 23.4. The molecule has 1 amide bonds. The number of amides is 1. The van der Waals surface area contributed by atoms with Crippen LogP contribution in [0.4, 0.5) is 10.1 Å². The first-order valence-corrected chi connectivity index (χ1v) is 14.8. The molecule has 0 N–H and O–H groups in total. The molecule has 0 spiro atoms. The number of piperazine rings is 1. The molecule has 41 heavy (non-hydrogen) atoms. The summed E-state index contributed by atoms with van der Waals surface area (Å²) in [5.74, 6) is 0.541. The summed E-state index contributed by atoms with van der Waals surface area (Å²) in [6.45, 7) is 1.64. The third-order valence-electron chi connectivity index (χ3n) is 7.11. The van der Waals surface area contributed by atoms with E-state index in [-0.39, 0.29) is 22.0 Å². The van der Waals surface area contributed by atoms with Crippen molar-refractivity contribution < 1.29 is 31.8 Å². The molecule has 12 heteroatoms. The van der Waals surface area contributed by atoms with Gasteiger partial charge in [-0.25, -0.2) is 17.1 Å². The summed E-state index contributed by atoms with van der Waals surface area (Å²) >= 11 is 6.09. The molecule has 220 valence electrons. The summed E-state index contributed by atoms with van der Waals surface area (Å²) in [5, 5.41) is 0.0623.